The molecule has 1 atom stereocenters. The first-order chi connectivity index (χ1) is 16.1. The number of fused-ring (bicyclic) bond motifs is 1. The number of pyridine rings is 1. The molecule has 1 unspecified atom stereocenters. The van der Waals surface area contributed by atoms with Crippen molar-refractivity contribution in [2.24, 2.45) is 0 Å². The summed E-state index contributed by atoms with van der Waals surface area (Å²) in [6, 6.07) is 17.7. The molecule has 0 aliphatic heterocycles. The maximum atomic E-state index is 12.3. The van der Waals surface area contributed by atoms with Crippen LogP contribution in [0.3, 0.4) is 0 Å². The molecule has 0 radical (unpaired) electrons. The van der Waals surface area contributed by atoms with Crippen LogP contribution >= 0.6 is 23.2 Å². The second-order valence-corrected chi connectivity index (χ2v) is 8.13. The number of methoxy groups -OCH3 is 2. The number of hydrogen-bond donors (Lipinski definition) is 0. The Bertz CT molecular complexity index is 1290. The summed E-state index contributed by atoms with van der Waals surface area (Å²) < 4.78 is 17.3. The van der Waals surface area contributed by atoms with E-state index in [-0.39, 0.29) is 16.7 Å². The van der Waals surface area contributed by atoms with Crippen molar-refractivity contribution in [1.29, 1.82) is 0 Å². The molecule has 3 aromatic carbocycles. The van der Waals surface area contributed by atoms with E-state index < -0.39 is 5.92 Å². The Morgan fingerprint density at radius 3 is 2.30 bits per heavy atom. The fourth-order valence-electron chi connectivity index (χ4n) is 3.81. The molecule has 5 nitrogen and oxygen atoms in total. The lowest BCUT2D eigenvalue weighted by atomic mass is 9.92. The molecule has 0 bridgehead atoms. The van der Waals surface area contributed by atoms with Crippen LogP contribution in [0.5, 0.6) is 17.2 Å². The Morgan fingerprint density at radius 1 is 0.909 bits per heavy atom. The summed E-state index contributed by atoms with van der Waals surface area (Å²) in [5.41, 5.74) is 1.97. The van der Waals surface area contributed by atoms with Crippen LogP contribution in [-0.4, -0.2) is 25.5 Å². The van der Waals surface area contributed by atoms with Gasteiger partial charge in [-0.15, -0.1) is 0 Å². The Labute approximate surface area is 201 Å². The predicted molar refractivity (Wildman–Crippen MR) is 130 cm³/mol. The van der Waals surface area contributed by atoms with Crippen molar-refractivity contribution in [3.05, 3.63) is 93.7 Å². The third-order valence-electron chi connectivity index (χ3n) is 5.40. The van der Waals surface area contributed by atoms with Crippen LogP contribution in [0.2, 0.25) is 10.0 Å². The van der Waals surface area contributed by atoms with Gasteiger partial charge in [-0.2, -0.15) is 0 Å². The minimum absolute atomic E-state index is 0.255. The van der Waals surface area contributed by atoms with Crippen molar-refractivity contribution in [2.45, 2.75) is 12.5 Å². The highest BCUT2D eigenvalue weighted by molar-refractivity contribution is 6.36. The van der Waals surface area contributed by atoms with Gasteiger partial charge in [0.05, 0.1) is 30.2 Å². The van der Waals surface area contributed by atoms with Crippen LogP contribution in [0.15, 0.2) is 67.0 Å². The van der Waals surface area contributed by atoms with Crippen LogP contribution in [0.4, 0.5) is 0 Å². The highest BCUT2D eigenvalue weighted by Crippen LogP contribution is 2.46. The van der Waals surface area contributed by atoms with Gasteiger partial charge in [-0.25, -0.2) is 0 Å². The lowest BCUT2D eigenvalue weighted by Crippen LogP contribution is -2.09. The lowest BCUT2D eigenvalue weighted by Gasteiger charge is -2.22. The molecule has 4 rings (SSSR count). The van der Waals surface area contributed by atoms with Crippen molar-refractivity contribution < 1.29 is 19.0 Å². The van der Waals surface area contributed by atoms with Crippen molar-refractivity contribution in [3.8, 4) is 17.2 Å². The van der Waals surface area contributed by atoms with Crippen LogP contribution in [0.1, 0.15) is 22.6 Å². The van der Waals surface area contributed by atoms with Gasteiger partial charge in [0.25, 0.3) is 0 Å². The minimum Gasteiger partial charge on any atom is -0.493 e. The zero-order chi connectivity index (χ0) is 23.4. The minimum atomic E-state index is -0.792. The monoisotopic (exact) mass is 481 g/mol. The van der Waals surface area contributed by atoms with E-state index in [0.717, 1.165) is 22.6 Å². The number of nitrogens with zero attached hydrogens (tertiary/aromatic N) is 1. The summed E-state index contributed by atoms with van der Waals surface area (Å²) in [5, 5.41) is 2.83. The molecule has 0 saturated carbocycles. The lowest BCUT2D eigenvalue weighted by molar-refractivity contribution is -0.108. The van der Waals surface area contributed by atoms with E-state index in [9.17, 15) is 4.79 Å². The molecule has 7 heteroatoms. The quantitative estimate of drug-likeness (QED) is 0.270. The Hall–Kier alpha value is -3.28. The van der Waals surface area contributed by atoms with Crippen molar-refractivity contribution in [1.82, 2.24) is 4.98 Å². The van der Waals surface area contributed by atoms with Gasteiger partial charge < -0.3 is 19.0 Å². The SMILES string of the molecule is COc1ccc(C(C=O)c2c(Cl)cncc2Cl)c(OCc2ccc3ccccc3c2)c1OC. The van der Waals surface area contributed by atoms with Crippen molar-refractivity contribution in [3.63, 3.8) is 0 Å². The molecule has 0 N–H and O–H groups in total. The predicted octanol–water partition coefficient (Wildman–Crippen LogP) is 6.47. The number of halogens is 2. The average molecular weight is 482 g/mol. The topological polar surface area (TPSA) is 57.7 Å². The molecular weight excluding hydrogens is 461 g/mol. The fraction of sp³-hybridized carbons (Fsp3) is 0.154. The number of aromatic nitrogens is 1. The summed E-state index contributed by atoms with van der Waals surface area (Å²) in [6.07, 6.45) is 3.68. The van der Waals surface area contributed by atoms with Gasteiger partial charge in [0.1, 0.15) is 12.9 Å². The van der Waals surface area contributed by atoms with Gasteiger partial charge in [0.2, 0.25) is 5.75 Å². The zero-order valence-electron chi connectivity index (χ0n) is 18.0. The van der Waals surface area contributed by atoms with Gasteiger partial charge in [-0.05, 0) is 28.5 Å². The number of benzene rings is 3. The van der Waals surface area contributed by atoms with Gasteiger partial charge in [-0.1, -0.05) is 65.7 Å². The average Bonchev–Trinajstić information content (AvgIpc) is 2.84. The number of carbonyl (C=O) groups is 1. The summed E-state index contributed by atoms with van der Waals surface area (Å²) in [7, 11) is 3.06. The van der Waals surface area contributed by atoms with Crippen molar-refractivity contribution in [2.75, 3.05) is 14.2 Å². The first-order valence-electron chi connectivity index (χ1n) is 10.2. The molecule has 33 heavy (non-hydrogen) atoms. The third kappa shape index (κ3) is 4.61. The van der Waals surface area contributed by atoms with Crippen LogP contribution in [-0.2, 0) is 11.4 Å². The van der Waals surface area contributed by atoms with E-state index in [1.54, 1.807) is 19.2 Å². The standard InChI is InChI=1S/C26H21Cl2NO4/c1-31-23-10-9-19(20(14-30)24-21(27)12-29-13-22(24)28)25(26(23)32-2)33-15-16-7-8-17-5-3-4-6-18(17)11-16/h3-14,20H,15H2,1-2H3. The van der Waals surface area contributed by atoms with E-state index in [2.05, 4.69) is 17.1 Å². The van der Waals surface area contributed by atoms with E-state index >= 15 is 0 Å². The van der Waals surface area contributed by atoms with Crippen LogP contribution in [0.25, 0.3) is 10.8 Å². The second kappa shape index (κ2) is 10.1. The Balaban J connectivity index is 1.78. The van der Waals surface area contributed by atoms with E-state index in [1.807, 2.05) is 30.3 Å². The normalized spacial score (nSPS) is 11.8. The Kier molecular flexibility index (Phi) is 7.02. The molecule has 0 fully saturated rings. The van der Waals surface area contributed by atoms with E-state index in [4.69, 9.17) is 37.4 Å². The smallest absolute Gasteiger partial charge is 0.203 e. The van der Waals surface area contributed by atoms with E-state index in [0.29, 0.717) is 28.4 Å². The molecule has 168 valence electrons. The highest BCUT2D eigenvalue weighted by atomic mass is 35.5. The zero-order valence-corrected chi connectivity index (χ0v) is 19.6. The largest absolute Gasteiger partial charge is 0.493 e. The molecule has 0 spiro atoms. The fourth-order valence-corrected chi connectivity index (χ4v) is 4.41. The second-order valence-electron chi connectivity index (χ2n) is 7.32. The Morgan fingerprint density at radius 2 is 1.64 bits per heavy atom. The molecule has 0 aliphatic carbocycles. The first kappa shape index (κ1) is 22.9. The summed E-state index contributed by atoms with van der Waals surface area (Å²) in [4.78, 5) is 16.3. The molecule has 1 heterocycles. The first-order valence-corrected chi connectivity index (χ1v) is 10.9. The number of rotatable bonds is 8. The molecule has 0 saturated heterocycles. The molecule has 4 aromatic rings. The molecule has 1 aromatic heterocycles. The third-order valence-corrected chi connectivity index (χ3v) is 6.00. The summed E-state index contributed by atoms with van der Waals surface area (Å²) in [6.45, 7) is 0.255. The highest BCUT2D eigenvalue weighted by Gasteiger charge is 2.27. The number of ether oxygens (including phenoxy) is 3. The molecule has 0 aliphatic rings. The summed E-state index contributed by atoms with van der Waals surface area (Å²) in [5.74, 6) is 0.445. The maximum Gasteiger partial charge on any atom is 0.203 e. The van der Waals surface area contributed by atoms with Crippen LogP contribution in [0, 0.1) is 0 Å². The number of carbonyl (C=O) groups excluding carboxylic acids is 1. The molecule has 0 amide bonds. The van der Waals surface area contributed by atoms with Gasteiger partial charge in [-0.3, -0.25) is 4.98 Å². The summed E-state index contributed by atoms with van der Waals surface area (Å²) >= 11 is 12.7. The van der Waals surface area contributed by atoms with E-state index in [1.165, 1.54) is 19.5 Å². The van der Waals surface area contributed by atoms with Gasteiger partial charge in [0.15, 0.2) is 11.5 Å². The number of aldehydes is 1. The number of hydrogen-bond acceptors (Lipinski definition) is 5. The maximum absolute atomic E-state index is 12.3. The van der Waals surface area contributed by atoms with Crippen LogP contribution < -0.4 is 14.2 Å². The molecular formula is C26H21Cl2NO4. The van der Waals surface area contributed by atoms with Gasteiger partial charge >= 0.3 is 0 Å². The van der Waals surface area contributed by atoms with Crippen molar-refractivity contribution >= 4 is 40.3 Å². The van der Waals surface area contributed by atoms with Gasteiger partial charge in [0, 0.05) is 23.5 Å².